The van der Waals surface area contributed by atoms with E-state index in [-0.39, 0.29) is 5.82 Å². The fourth-order valence-electron chi connectivity index (χ4n) is 3.12. The summed E-state index contributed by atoms with van der Waals surface area (Å²) in [5, 5.41) is 11.3. The van der Waals surface area contributed by atoms with Crippen molar-refractivity contribution >= 4 is 5.84 Å². The summed E-state index contributed by atoms with van der Waals surface area (Å²) in [4.78, 5) is 6.30. The van der Waals surface area contributed by atoms with Gasteiger partial charge < -0.3 is 10.0 Å². The van der Waals surface area contributed by atoms with E-state index < -0.39 is 5.72 Å². The summed E-state index contributed by atoms with van der Waals surface area (Å²) < 4.78 is 13.6. The van der Waals surface area contributed by atoms with Crippen molar-refractivity contribution in [1.82, 2.24) is 4.90 Å². The van der Waals surface area contributed by atoms with Crippen molar-refractivity contribution in [2.45, 2.75) is 5.72 Å². The minimum absolute atomic E-state index is 0.347. The fourth-order valence-corrected chi connectivity index (χ4v) is 3.12. The summed E-state index contributed by atoms with van der Waals surface area (Å²) in [6.07, 6.45) is 0. The lowest BCUT2D eigenvalue weighted by atomic mass is 9.93. The molecule has 100 valence electrons. The van der Waals surface area contributed by atoms with E-state index in [1.165, 1.54) is 12.1 Å². The zero-order chi connectivity index (χ0) is 13.7. The minimum atomic E-state index is -1.33. The third kappa shape index (κ3) is 1.34. The van der Waals surface area contributed by atoms with Gasteiger partial charge in [0.15, 0.2) is 5.72 Å². The molecule has 0 saturated carbocycles. The highest BCUT2D eigenvalue weighted by molar-refractivity contribution is 6.05. The zero-order valence-electron chi connectivity index (χ0n) is 10.8. The summed E-state index contributed by atoms with van der Waals surface area (Å²) in [6.45, 7) is 1.29. The van der Waals surface area contributed by atoms with Crippen molar-refractivity contribution < 1.29 is 9.50 Å². The maximum absolute atomic E-state index is 13.6. The molecule has 0 radical (unpaired) electrons. The Balaban J connectivity index is 2.01. The maximum atomic E-state index is 13.6. The average Bonchev–Trinajstić information content (AvgIpc) is 3.04. The van der Waals surface area contributed by atoms with Crippen LogP contribution in [0.2, 0.25) is 0 Å². The molecule has 0 bridgehead atoms. The van der Waals surface area contributed by atoms with E-state index >= 15 is 0 Å². The van der Waals surface area contributed by atoms with Gasteiger partial charge in [-0.3, -0.25) is 4.99 Å². The Morgan fingerprint density at radius 3 is 2.75 bits per heavy atom. The third-order valence-corrected chi connectivity index (χ3v) is 4.01. The van der Waals surface area contributed by atoms with Crippen molar-refractivity contribution in [3.05, 3.63) is 71.0 Å². The largest absolute Gasteiger partial charge is 0.363 e. The number of rotatable bonds is 1. The maximum Gasteiger partial charge on any atom is 0.193 e. The number of hydrogen-bond acceptors (Lipinski definition) is 3. The number of amidine groups is 1. The standard InChI is InChI=1S/C16H13FN2O/c17-12-6-7-13-14(10-12)16(20,11-4-2-1-3-5-11)19-9-8-18-15(13)19/h1-7,10,20H,8-9H2/t16-/m1/s1. The van der Waals surface area contributed by atoms with Crippen molar-refractivity contribution in [3.8, 4) is 0 Å². The average molecular weight is 268 g/mol. The van der Waals surface area contributed by atoms with Gasteiger partial charge in [-0.2, -0.15) is 0 Å². The van der Waals surface area contributed by atoms with Crippen LogP contribution >= 0.6 is 0 Å². The van der Waals surface area contributed by atoms with Gasteiger partial charge in [0.2, 0.25) is 0 Å². The second-order valence-corrected chi connectivity index (χ2v) is 5.09. The van der Waals surface area contributed by atoms with Gasteiger partial charge in [-0.1, -0.05) is 30.3 Å². The van der Waals surface area contributed by atoms with Gasteiger partial charge in [-0.25, -0.2) is 4.39 Å². The molecule has 3 nitrogen and oxygen atoms in total. The molecule has 1 N–H and O–H groups in total. The normalized spacial score (nSPS) is 23.5. The molecule has 2 aromatic rings. The predicted octanol–water partition coefficient (Wildman–Crippen LogP) is 2.09. The third-order valence-electron chi connectivity index (χ3n) is 4.01. The molecule has 1 atom stereocenters. The van der Waals surface area contributed by atoms with Gasteiger partial charge in [-0.15, -0.1) is 0 Å². The first-order valence-corrected chi connectivity index (χ1v) is 6.61. The van der Waals surface area contributed by atoms with Crippen LogP contribution in [0.4, 0.5) is 4.39 Å². The molecule has 20 heavy (non-hydrogen) atoms. The molecule has 2 aromatic carbocycles. The van der Waals surface area contributed by atoms with Crippen LogP contribution in [0, 0.1) is 5.82 Å². The first-order chi connectivity index (χ1) is 9.71. The SMILES string of the molecule is O[C@]1(c2ccccc2)c2cc(F)ccc2C2=NCCN21. The van der Waals surface area contributed by atoms with Crippen LogP contribution in [-0.4, -0.2) is 28.9 Å². The molecule has 4 heteroatoms. The van der Waals surface area contributed by atoms with Crippen molar-refractivity contribution in [2.24, 2.45) is 4.99 Å². The molecule has 4 rings (SSSR count). The van der Waals surface area contributed by atoms with Crippen molar-refractivity contribution in [1.29, 1.82) is 0 Å². The fraction of sp³-hybridized carbons (Fsp3) is 0.188. The molecular weight excluding hydrogens is 255 g/mol. The van der Waals surface area contributed by atoms with Crippen LogP contribution in [0.5, 0.6) is 0 Å². The van der Waals surface area contributed by atoms with E-state index in [4.69, 9.17) is 0 Å². The summed E-state index contributed by atoms with van der Waals surface area (Å²) in [5.74, 6) is 0.409. The van der Waals surface area contributed by atoms with Gasteiger partial charge in [0.05, 0.1) is 6.54 Å². The summed E-state index contributed by atoms with van der Waals surface area (Å²) in [6, 6.07) is 13.9. The molecular formula is C16H13FN2O. The molecule has 2 aliphatic heterocycles. The Kier molecular flexibility index (Phi) is 2.26. The number of benzene rings is 2. The van der Waals surface area contributed by atoms with Gasteiger partial charge in [0.25, 0.3) is 0 Å². The number of hydrogen-bond donors (Lipinski definition) is 1. The second kappa shape index (κ2) is 3.90. The minimum Gasteiger partial charge on any atom is -0.363 e. The lowest BCUT2D eigenvalue weighted by Gasteiger charge is -2.33. The van der Waals surface area contributed by atoms with Crippen LogP contribution in [-0.2, 0) is 5.72 Å². The highest BCUT2D eigenvalue weighted by Gasteiger charge is 2.49. The molecule has 0 fully saturated rings. The van der Waals surface area contributed by atoms with Crippen LogP contribution in [0.1, 0.15) is 16.7 Å². The molecule has 0 saturated heterocycles. The van der Waals surface area contributed by atoms with E-state index in [1.54, 1.807) is 6.07 Å². The Bertz CT molecular complexity index is 714. The molecule has 0 unspecified atom stereocenters. The first-order valence-electron chi connectivity index (χ1n) is 6.61. The highest BCUT2D eigenvalue weighted by Crippen LogP contribution is 2.43. The number of aliphatic hydroxyl groups is 1. The van der Waals surface area contributed by atoms with E-state index in [0.717, 1.165) is 17.0 Å². The van der Waals surface area contributed by atoms with Gasteiger partial charge >= 0.3 is 0 Å². The Morgan fingerprint density at radius 1 is 1.15 bits per heavy atom. The number of nitrogens with zero attached hydrogens (tertiary/aromatic N) is 2. The Morgan fingerprint density at radius 2 is 1.95 bits per heavy atom. The van der Waals surface area contributed by atoms with Crippen molar-refractivity contribution in [2.75, 3.05) is 13.1 Å². The van der Waals surface area contributed by atoms with Gasteiger partial charge in [0.1, 0.15) is 11.7 Å². The van der Waals surface area contributed by atoms with E-state index in [0.29, 0.717) is 18.7 Å². The molecule has 0 aromatic heterocycles. The first kappa shape index (κ1) is 11.6. The molecule has 2 aliphatic rings. The van der Waals surface area contributed by atoms with Gasteiger partial charge in [-0.05, 0) is 18.2 Å². The van der Waals surface area contributed by atoms with E-state index in [2.05, 4.69) is 4.99 Å². The molecule has 0 amide bonds. The smallest absolute Gasteiger partial charge is 0.193 e. The lowest BCUT2D eigenvalue weighted by Crippen LogP contribution is -2.43. The number of fused-ring (bicyclic) bond motifs is 3. The quantitative estimate of drug-likeness (QED) is 0.859. The summed E-state index contributed by atoms with van der Waals surface area (Å²) in [5.41, 5.74) is 0.796. The lowest BCUT2D eigenvalue weighted by molar-refractivity contribution is -0.0244. The van der Waals surface area contributed by atoms with Crippen LogP contribution in [0.25, 0.3) is 0 Å². The summed E-state index contributed by atoms with van der Waals surface area (Å²) >= 11 is 0. The highest BCUT2D eigenvalue weighted by atomic mass is 19.1. The molecule has 0 spiro atoms. The van der Waals surface area contributed by atoms with Gasteiger partial charge in [0, 0.05) is 23.2 Å². The number of halogens is 1. The Labute approximate surface area is 116 Å². The topological polar surface area (TPSA) is 35.8 Å². The van der Waals surface area contributed by atoms with E-state index in [1.807, 2.05) is 35.2 Å². The monoisotopic (exact) mass is 268 g/mol. The second-order valence-electron chi connectivity index (χ2n) is 5.09. The van der Waals surface area contributed by atoms with Crippen LogP contribution in [0.3, 0.4) is 0 Å². The molecule has 0 aliphatic carbocycles. The summed E-state index contributed by atoms with van der Waals surface area (Å²) in [7, 11) is 0. The molecule has 2 heterocycles. The van der Waals surface area contributed by atoms with Crippen LogP contribution in [0.15, 0.2) is 53.5 Å². The Hall–Kier alpha value is -2.20. The predicted molar refractivity (Wildman–Crippen MR) is 74.0 cm³/mol. The van der Waals surface area contributed by atoms with E-state index in [9.17, 15) is 9.50 Å². The van der Waals surface area contributed by atoms with Crippen molar-refractivity contribution in [3.63, 3.8) is 0 Å². The van der Waals surface area contributed by atoms with Crippen LogP contribution < -0.4 is 0 Å². The number of aliphatic imine (C=N–C) groups is 1. The zero-order valence-corrected chi connectivity index (χ0v) is 10.8.